The maximum absolute atomic E-state index is 12.3. The predicted octanol–water partition coefficient (Wildman–Crippen LogP) is 4.38. The molecule has 0 aromatic heterocycles. The van der Waals surface area contributed by atoms with E-state index in [1.165, 1.54) is 12.8 Å². The van der Waals surface area contributed by atoms with Crippen LogP contribution in [-0.2, 0) is 4.79 Å². The van der Waals surface area contributed by atoms with Gasteiger partial charge in [-0.2, -0.15) is 0 Å². The highest BCUT2D eigenvalue weighted by Gasteiger charge is 2.16. The van der Waals surface area contributed by atoms with E-state index >= 15 is 0 Å². The van der Waals surface area contributed by atoms with Gasteiger partial charge in [0.25, 0.3) is 5.91 Å². The third-order valence-corrected chi connectivity index (χ3v) is 4.96. The number of rotatable bonds is 3. The smallest absolute Gasteiger partial charge is 0.260 e. The van der Waals surface area contributed by atoms with Gasteiger partial charge in [0.05, 0.1) is 4.47 Å². The fourth-order valence-electron chi connectivity index (χ4n) is 2.88. The van der Waals surface area contributed by atoms with Gasteiger partial charge in [-0.25, -0.2) is 0 Å². The SMILES string of the molecule is O=C(COc1ccc2ccccc2c1Br)N1CCCCCC1. The number of amides is 1. The summed E-state index contributed by atoms with van der Waals surface area (Å²) in [7, 11) is 0. The van der Waals surface area contributed by atoms with Crippen LogP contribution in [-0.4, -0.2) is 30.5 Å². The lowest BCUT2D eigenvalue weighted by Gasteiger charge is -2.20. The third-order valence-electron chi connectivity index (χ3n) is 4.14. The first-order valence-corrected chi connectivity index (χ1v) is 8.63. The molecule has 0 radical (unpaired) electrons. The van der Waals surface area contributed by atoms with Gasteiger partial charge in [-0.1, -0.05) is 43.2 Å². The Morgan fingerprint density at radius 1 is 1.05 bits per heavy atom. The molecule has 1 aliphatic heterocycles. The molecule has 3 rings (SSSR count). The lowest BCUT2D eigenvalue weighted by atomic mass is 10.1. The van der Waals surface area contributed by atoms with Crippen molar-refractivity contribution < 1.29 is 9.53 Å². The molecule has 0 bridgehead atoms. The van der Waals surface area contributed by atoms with Crippen LogP contribution in [0.5, 0.6) is 5.75 Å². The number of hydrogen-bond acceptors (Lipinski definition) is 2. The van der Waals surface area contributed by atoms with Crippen molar-refractivity contribution >= 4 is 32.6 Å². The predicted molar refractivity (Wildman–Crippen MR) is 92.2 cm³/mol. The van der Waals surface area contributed by atoms with E-state index in [0.29, 0.717) is 0 Å². The maximum atomic E-state index is 12.3. The van der Waals surface area contributed by atoms with Gasteiger partial charge >= 0.3 is 0 Å². The summed E-state index contributed by atoms with van der Waals surface area (Å²) in [5.74, 6) is 0.809. The highest BCUT2D eigenvalue weighted by atomic mass is 79.9. The summed E-state index contributed by atoms with van der Waals surface area (Å²) in [6.07, 6.45) is 4.65. The summed E-state index contributed by atoms with van der Waals surface area (Å²) >= 11 is 3.59. The first-order valence-electron chi connectivity index (χ1n) is 7.83. The van der Waals surface area contributed by atoms with Crippen LogP contribution >= 0.6 is 15.9 Å². The molecule has 116 valence electrons. The molecule has 0 unspecified atom stereocenters. The summed E-state index contributed by atoms with van der Waals surface area (Å²) in [4.78, 5) is 14.2. The summed E-state index contributed by atoms with van der Waals surface area (Å²) in [5, 5.41) is 2.25. The minimum absolute atomic E-state index is 0.0851. The van der Waals surface area contributed by atoms with Crippen molar-refractivity contribution in [3.05, 3.63) is 40.9 Å². The van der Waals surface area contributed by atoms with Crippen molar-refractivity contribution in [3.63, 3.8) is 0 Å². The van der Waals surface area contributed by atoms with Crippen LogP contribution in [0.1, 0.15) is 25.7 Å². The number of ether oxygens (including phenoxy) is 1. The van der Waals surface area contributed by atoms with Gasteiger partial charge in [-0.05, 0) is 45.6 Å². The number of halogens is 1. The van der Waals surface area contributed by atoms with E-state index in [4.69, 9.17) is 4.74 Å². The Bertz CT molecular complexity index is 663. The van der Waals surface area contributed by atoms with Gasteiger partial charge in [0.15, 0.2) is 6.61 Å². The van der Waals surface area contributed by atoms with Crippen LogP contribution in [0.15, 0.2) is 40.9 Å². The Morgan fingerprint density at radius 3 is 2.55 bits per heavy atom. The van der Waals surface area contributed by atoms with Crippen molar-refractivity contribution in [2.24, 2.45) is 0 Å². The second-order valence-electron chi connectivity index (χ2n) is 5.68. The quantitative estimate of drug-likeness (QED) is 0.811. The average Bonchev–Trinajstić information content (AvgIpc) is 2.83. The zero-order chi connectivity index (χ0) is 15.4. The lowest BCUT2D eigenvalue weighted by molar-refractivity contribution is -0.133. The van der Waals surface area contributed by atoms with Crippen LogP contribution < -0.4 is 4.74 Å². The van der Waals surface area contributed by atoms with Crippen molar-refractivity contribution in [2.45, 2.75) is 25.7 Å². The molecule has 0 spiro atoms. The van der Waals surface area contributed by atoms with Gasteiger partial charge in [-0.3, -0.25) is 4.79 Å². The zero-order valence-corrected chi connectivity index (χ0v) is 14.1. The van der Waals surface area contributed by atoms with Crippen molar-refractivity contribution in [1.82, 2.24) is 4.90 Å². The molecule has 3 nitrogen and oxygen atoms in total. The molecule has 0 saturated carbocycles. The molecule has 22 heavy (non-hydrogen) atoms. The molecular formula is C18H20BrNO2. The first-order chi connectivity index (χ1) is 10.8. The van der Waals surface area contributed by atoms with Crippen LogP contribution in [0.4, 0.5) is 0 Å². The Labute approximate surface area is 139 Å². The van der Waals surface area contributed by atoms with E-state index in [-0.39, 0.29) is 12.5 Å². The van der Waals surface area contributed by atoms with Gasteiger partial charge in [0.1, 0.15) is 5.75 Å². The standard InChI is InChI=1S/C18H20BrNO2/c19-18-15-8-4-3-7-14(15)9-10-16(18)22-13-17(21)20-11-5-1-2-6-12-20/h3-4,7-10H,1-2,5-6,11-13H2. The second kappa shape index (κ2) is 7.14. The molecule has 4 heteroatoms. The Balaban J connectivity index is 1.68. The highest BCUT2D eigenvalue weighted by molar-refractivity contribution is 9.10. The number of benzene rings is 2. The van der Waals surface area contributed by atoms with E-state index in [1.54, 1.807) is 0 Å². The van der Waals surface area contributed by atoms with Gasteiger partial charge < -0.3 is 9.64 Å². The number of nitrogens with zero attached hydrogens (tertiary/aromatic N) is 1. The van der Waals surface area contributed by atoms with Crippen molar-refractivity contribution in [2.75, 3.05) is 19.7 Å². The summed E-state index contributed by atoms with van der Waals surface area (Å²) in [5.41, 5.74) is 0. The molecule has 1 aliphatic rings. The van der Waals surface area contributed by atoms with E-state index in [0.717, 1.165) is 46.9 Å². The molecule has 1 heterocycles. The molecule has 0 atom stereocenters. The molecular weight excluding hydrogens is 342 g/mol. The summed E-state index contributed by atoms with van der Waals surface area (Å²) in [6, 6.07) is 12.1. The number of carbonyl (C=O) groups excluding carboxylic acids is 1. The first kappa shape index (κ1) is 15.3. The van der Waals surface area contributed by atoms with Crippen LogP contribution in [0.3, 0.4) is 0 Å². The van der Waals surface area contributed by atoms with E-state index in [1.807, 2.05) is 35.2 Å². The molecule has 2 aromatic rings. The zero-order valence-electron chi connectivity index (χ0n) is 12.6. The summed E-state index contributed by atoms with van der Waals surface area (Å²) in [6.45, 7) is 1.83. The van der Waals surface area contributed by atoms with Crippen molar-refractivity contribution in [3.8, 4) is 5.75 Å². The Kier molecular flexibility index (Phi) is 4.98. The van der Waals surface area contributed by atoms with Gasteiger partial charge in [0.2, 0.25) is 0 Å². The van der Waals surface area contributed by atoms with Crippen molar-refractivity contribution in [1.29, 1.82) is 0 Å². The number of likely N-dealkylation sites (tertiary alicyclic amines) is 1. The van der Waals surface area contributed by atoms with Gasteiger partial charge in [-0.15, -0.1) is 0 Å². The topological polar surface area (TPSA) is 29.5 Å². The van der Waals surface area contributed by atoms with Crippen LogP contribution in [0.25, 0.3) is 10.8 Å². The van der Waals surface area contributed by atoms with Gasteiger partial charge in [0, 0.05) is 13.1 Å². The third kappa shape index (κ3) is 3.43. The Morgan fingerprint density at radius 2 is 1.77 bits per heavy atom. The van der Waals surface area contributed by atoms with Crippen LogP contribution in [0.2, 0.25) is 0 Å². The number of hydrogen-bond donors (Lipinski definition) is 0. The maximum Gasteiger partial charge on any atom is 0.260 e. The Hall–Kier alpha value is -1.55. The highest BCUT2D eigenvalue weighted by Crippen LogP contribution is 2.33. The molecule has 1 amide bonds. The molecule has 2 aromatic carbocycles. The fourth-order valence-corrected chi connectivity index (χ4v) is 3.48. The largest absolute Gasteiger partial charge is 0.483 e. The lowest BCUT2D eigenvalue weighted by Crippen LogP contribution is -2.35. The fraction of sp³-hybridized carbons (Fsp3) is 0.389. The molecule has 1 saturated heterocycles. The summed E-state index contributed by atoms with van der Waals surface area (Å²) < 4.78 is 6.67. The number of fused-ring (bicyclic) bond motifs is 1. The number of carbonyl (C=O) groups is 1. The minimum Gasteiger partial charge on any atom is -0.483 e. The minimum atomic E-state index is 0.0851. The molecule has 1 fully saturated rings. The molecule has 0 aliphatic carbocycles. The van der Waals surface area contributed by atoms with E-state index < -0.39 is 0 Å². The molecule has 0 N–H and O–H groups in total. The normalized spacial score (nSPS) is 15.6. The monoisotopic (exact) mass is 361 g/mol. The van der Waals surface area contributed by atoms with E-state index in [9.17, 15) is 4.79 Å². The van der Waals surface area contributed by atoms with Crippen LogP contribution in [0, 0.1) is 0 Å². The van der Waals surface area contributed by atoms with E-state index in [2.05, 4.69) is 22.0 Å². The second-order valence-corrected chi connectivity index (χ2v) is 6.48. The average molecular weight is 362 g/mol.